The molecule has 2 aromatic carbocycles. The molecule has 6 nitrogen and oxygen atoms in total. The number of ether oxygens (including phenoxy) is 1. The lowest BCUT2D eigenvalue weighted by molar-refractivity contribution is -0.144. The van der Waals surface area contributed by atoms with E-state index in [-0.39, 0.29) is 12.6 Å². The molecule has 3 aromatic rings. The first-order valence-corrected chi connectivity index (χ1v) is 8.47. The third-order valence-corrected chi connectivity index (χ3v) is 4.23. The Morgan fingerprint density at radius 3 is 2.50 bits per heavy atom. The van der Waals surface area contributed by atoms with Gasteiger partial charge in [-0.1, -0.05) is 36.4 Å². The number of tetrazole rings is 1. The Morgan fingerprint density at radius 1 is 1.04 bits per heavy atom. The van der Waals surface area contributed by atoms with Gasteiger partial charge < -0.3 is 4.74 Å². The molecule has 0 amide bonds. The fourth-order valence-corrected chi connectivity index (χ4v) is 2.91. The third kappa shape index (κ3) is 4.42. The molecule has 1 aromatic heterocycles. The minimum atomic E-state index is -0.263. The summed E-state index contributed by atoms with van der Waals surface area (Å²) in [5.74, 6) is 0.901. The van der Waals surface area contributed by atoms with Crippen molar-refractivity contribution in [2.24, 2.45) is 0 Å². The van der Waals surface area contributed by atoms with Crippen LogP contribution in [0.4, 0.5) is 0 Å². The van der Waals surface area contributed by atoms with E-state index in [1.807, 2.05) is 60.7 Å². The summed E-state index contributed by atoms with van der Waals surface area (Å²) in [5.41, 5.74) is 0.827. The molecule has 0 saturated carbocycles. The van der Waals surface area contributed by atoms with Crippen molar-refractivity contribution in [3.63, 3.8) is 0 Å². The highest BCUT2D eigenvalue weighted by molar-refractivity contribution is 7.99. The number of nitrogens with zero attached hydrogens (tertiary/aromatic N) is 4. The highest BCUT2D eigenvalue weighted by atomic mass is 32.2. The van der Waals surface area contributed by atoms with Gasteiger partial charge in [0.2, 0.25) is 0 Å². The van der Waals surface area contributed by atoms with Crippen molar-refractivity contribution in [3.05, 3.63) is 66.5 Å². The fourth-order valence-electron chi connectivity index (χ4n) is 2.05. The lowest BCUT2D eigenvalue weighted by Crippen LogP contribution is -2.10. The van der Waals surface area contributed by atoms with Gasteiger partial charge in [-0.15, -0.1) is 16.9 Å². The Kier molecular flexibility index (Phi) is 5.57. The number of benzene rings is 2. The maximum atomic E-state index is 11.9. The van der Waals surface area contributed by atoms with E-state index in [4.69, 9.17) is 4.74 Å². The molecule has 0 saturated heterocycles. The van der Waals surface area contributed by atoms with Gasteiger partial charge in [0, 0.05) is 10.6 Å². The number of para-hydroxylation sites is 1. The normalized spacial score (nSPS) is 10.5. The van der Waals surface area contributed by atoms with Crippen molar-refractivity contribution >= 4 is 17.7 Å². The molecule has 7 heteroatoms. The van der Waals surface area contributed by atoms with Gasteiger partial charge >= 0.3 is 5.97 Å². The van der Waals surface area contributed by atoms with E-state index in [2.05, 4.69) is 15.5 Å². The molecule has 0 aliphatic carbocycles. The van der Waals surface area contributed by atoms with Crippen LogP contribution in [-0.4, -0.2) is 31.9 Å². The maximum absolute atomic E-state index is 11.9. The summed E-state index contributed by atoms with van der Waals surface area (Å²) in [4.78, 5) is 13.0. The van der Waals surface area contributed by atoms with E-state index in [9.17, 15) is 4.79 Å². The van der Waals surface area contributed by atoms with Gasteiger partial charge in [0.25, 0.3) is 0 Å². The average molecular weight is 340 g/mol. The van der Waals surface area contributed by atoms with Crippen LogP contribution in [0, 0.1) is 0 Å². The molecule has 0 atom stereocenters. The van der Waals surface area contributed by atoms with Gasteiger partial charge in [-0.05, 0) is 34.7 Å². The Balaban J connectivity index is 1.48. The summed E-state index contributed by atoms with van der Waals surface area (Å²) >= 11 is 1.63. The molecule has 0 aliphatic heterocycles. The number of esters is 1. The van der Waals surface area contributed by atoms with Gasteiger partial charge in [-0.2, -0.15) is 4.68 Å². The van der Waals surface area contributed by atoms with Crippen molar-refractivity contribution in [2.75, 3.05) is 5.75 Å². The Morgan fingerprint density at radius 2 is 1.75 bits per heavy atom. The molecule has 0 N–H and O–H groups in total. The van der Waals surface area contributed by atoms with Crippen molar-refractivity contribution in [1.29, 1.82) is 0 Å². The zero-order valence-electron chi connectivity index (χ0n) is 12.9. The van der Waals surface area contributed by atoms with Crippen LogP contribution < -0.4 is 0 Å². The number of hydrogen-bond acceptors (Lipinski definition) is 6. The van der Waals surface area contributed by atoms with Crippen LogP contribution >= 0.6 is 11.8 Å². The number of carbonyl (C=O) groups excluding carboxylic acids is 1. The molecule has 3 rings (SSSR count). The fraction of sp³-hybridized carbons (Fsp3) is 0.176. The van der Waals surface area contributed by atoms with E-state index in [0.29, 0.717) is 18.0 Å². The predicted octanol–water partition coefficient (Wildman–Crippen LogP) is 2.89. The summed E-state index contributed by atoms with van der Waals surface area (Å²) in [6, 6.07) is 19.4. The smallest absolute Gasteiger partial charge is 0.307 e. The van der Waals surface area contributed by atoms with Crippen molar-refractivity contribution < 1.29 is 9.53 Å². The minimum absolute atomic E-state index is 0.0523. The monoisotopic (exact) mass is 340 g/mol. The molecule has 24 heavy (non-hydrogen) atoms. The van der Waals surface area contributed by atoms with Gasteiger partial charge in [0.1, 0.15) is 0 Å². The second-order valence-corrected chi connectivity index (χ2v) is 6.08. The van der Waals surface area contributed by atoms with Gasteiger partial charge in [-0.25, -0.2) is 0 Å². The van der Waals surface area contributed by atoms with E-state index >= 15 is 0 Å². The Hall–Kier alpha value is -2.67. The summed E-state index contributed by atoms with van der Waals surface area (Å²) < 4.78 is 6.83. The van der Waals surface area contributed by atoms with Crippen molar-refractivity contribution in [3.8, 4) is 5.69 Å². The largest absolute Gasteiger partial charge is 0.457 e. The van der Waals surface area contributed by atoms with Crippen LogP contribution in [-0.2, 0) is 16.1 Å². The molecule has 1 heterocycles. The highest BCUT2D eigenvalue weighted by Crippen LogP contribution is 2.18. The molecular formula is C17H16N4O2S. The van der Waals surface area contributed by atoms with E-state index in [1.165, 1.54) is 0 Å². The van der Waals surface area contributed by atoms with E-state index < -0.39 is 0 Å². The lowest BCUT2D eigenvalue weighted by atomic mass is 10.3. The van der Waals surface area contributed by atoms with Crippen LogP contribution in [0.25, 0.3) is 5.69 Å². The van der Waals surface area contributed by atoms with Crippen molar-refractivity contribution in [1.82, 2.24) is 20.2 Å². The number of thioether (sulfide) groups is 1. The highest BCUT2D eigenvalue weighted by Gasteiger charge is 2.11. The van der Waals surface area contributed by atoms with E-state index in [1.54, 1.807) is 16.4 Å². The molecule has 0 spiro atoms. The second kappa shape index (κ2) is 8.26. The number of rotatable bonds is 7. The van der Waals surface area contributed by atoms with Crippen LogP contribution in [0.3, 0.4) is 0 Å². The molecular weight excluding hydrogens is 324 g/mol. The Bertz CT molecular complexity index is 778. The topological polar surface area (TPSA) is 69.9 Å². The van der Waals surface area contributed by atoms with Crippen LogP contribution in [0.5, 0.6) is 0 Å². The Labute approximate surface area is 143 Å². The average Bonchev–Trinajstić information content (AvgIpc) is 3.10. The van der Waals surface area contributed by atoms with Crippen LogP contribution in [0.1, 0.15) is 12.2 Å². The number of carbonyl (C=O) groups is 1. The summed E-state index contributed by atoms with van der Waals surface area (Å²) in [5, 5.41) is 11.5. The van der Waals surface area contributed by atoms with Crippen molar-refractivity contribution in [2.45, 2.75) is 17.9 Å². The summed E-state index contributed by atoms with van der Waals surface area (Å²) in [6.07, 6.45) is 0.340. The molecule has 0 fully saturated rings. The SMILES string of the molecule is O=C(CCSc1ccccc1)OCc1nnnn1-c1ccccc1. The number of hydrogen-bond donors (Lipinski definition) is 0. The number of aromatic nitrogens is 4. The first-order valence-electron chi connectivity index (χ1n) is 7.49. The maximum Gasteiger partial charge on any atom is 0.307 e. The molecule has 0 unspecified atom stereocenters. The summed E-state index contributed by atoms with van der Waals surface area (Å²) in [7, 11) is 0. The van der Waals surface area contributed by atoms with E-state index in [0.717, 1.165) is 10.6 Å². The van der Waals surface area contributed by atoms with Crippen LogP contribution in [0.2, 0.25) is 0 Å². The van der Waals surface area contributed by atoms with Gasteiger partial charge in [-0.3, -0.25) is 4.79 Å². The zero-order chi connectivity index (χ0) is 16.6. The zero-order valence-corrected chi connectivity index (χ0v) is 13.7. The molecule has 0 bridgehead atoms. The second-order valence-electron chi connectivity index (χ2n) is 4.91. The van der Waals surface area contributed by atoms with Gasteiger partial charge in [0.15, 0.2) is 12.4 Å². The minimum Gasteiger partial charge on any atom is -0.457 e. The molecule has 0 aliphatic rings. The quantitative estimate of drug-likeness (QED) is 0.486. The molecule has 0 radical (unpaired) electrons. The standard InChI is InChI=1S/C17H16N4O2S/c22-17(11-12-24-15-9-5-2-6-10-15)23-13-16-18-19-20-21(16)14-7-3-1-4-8-14/h1-10H,11-13H2. The predicted molar refractivity (Wildman–Crippen MR) is 90.7 cm³/mol. The van der Waals surface area contributed by atoms with Gasteiger partial charge in [0.05, 0.1) is 12.1 Å². The first-order chi connectivity index (χ1) is 11.8. The molecule has 122 valence electrons. The first kappa shape index (κ1) is 16.2. The lowest BCUT2D eigenvalue weighted by Gasteiger charge is -2.06. The van der Waals surface area contributed by atoms with Crippen LogP contribution in [0.15, 0.2) is 65.6 Å². The summed E-state index contributed by atoms with van der Waals surface area (Å²) in [6.45, 7) is 0.0523. The third-order valence-electron chi connectivity index (χ3n) is 3.22.